The van der Waals surface area contributed by atoms with Gasteiger partial charge >= 0.3 is 41.8 Å². The summed E-state index contributed by atoms with van der Waals surface area (Å²) in [5.41, 5.74) is 2.49. The molecule has 7 heterocycles. The van der Waals surface area contributed by atoms with Crippen molar-refractivity contribution in [1.29, 1.82) is 0 Å². The van der Waals surface area contributed by atoms with Gasteiger partial charge in [0.05, 0.1) is 108 Å². The van der Waals surface area contributed by atoms with E-state index in [0.29, 0.717) is 54.2 Å². The summed E-state index contributed by atoms with van der Waals surface area (Å²) in [6, 6.07) is 54.4. The first-order valence-corrected chi connectivity index (χ1v) is 54.6. The molecule has 30 heteroatoms. The van der Waals surface area contributed by atoms with Gasteiger partial charge in [0.15, 0.2) is 0 Å². The van der Waals surface area contributed by atoms with Gasteiger partial charge in [0.2, 0.25) is 9.84 Å². The Kier molecular flexibility index (Phi) is 50.2. The van der Waals surface area contributed by atoms with Crippen LogP contribution in [0, 0.1) is 79.3 Å². The van der Waals surface area contributed by atoms with Gasteiger partial charge in [0.1, 0.15) is 0 Å². The Morgan fingerprint density at radius 2 is 0.500 bits per heavy atom. The SMILES string of the molecule is C.C.CC.COC(=O)C(C)(Cc1cccc(Br)c1)C1CCN(C)C1.COC(=O)C(C)(Cc1cccc(S(=O)(=O)c2cccc(CC(C)(C(=O)OC)C3CCN(C)C3)c2)c1)C1CCN(C)C1.COC(=O)C(C)(Cc1cccc(S(=O)c2cccc(CC(C)(C(=O)OC)C3CCN(C)C3)c2)c1)C1CCN(C)C1.COC(=O)C(C)(Cc1cccc(Sc2cccc(CC(C)(C(=O)OC)C3CCN(C)C3)c2)c1)C1CCN(C)C1.[W].[Y]. The zero-order valence-corrected chi connectivity index (χ0v) is 99.5. The van der Waals surface area contributed by atoms with Crippen molar-refractivity contribution in [3.8, 4) is 0 Å². The number of likely N-dealkylation sites (tertiary alicyclic amines) is 7. The van der Waals surface area contributed by atoms with Gasteiger partial charge in [-0.2, -0.15) is 0 Å². The minimum absolute atomic E-state index is 0. The van der Waals surface area contributed by atoms with Crippen LogP contribution in [0.1, 0.15) is 161 Å². The summed E-state index contributed by atoms with van der Waals surface area (Å²) in [5.74, 6) is 0.187. The second kappa shape index (κ2) is 57.3. The summed E-state index contributed by atoms with van der Waals surface area (Å²) < 4.78 is 79.1. The van der Waals surface area contributed by atoms with Crippen molar-refractivity contribution in [3.63, 3.8) is 0 Å². The summed E-state index contributed by atoms with van der Waals surface area (Å²) in [5, 5.41) is 0. The quantitative estimate of drug-likeness (QED) is 0.0268. The molecule has 24 nitrogen and oxygen atoms in total. The van der Waals surface area contributed by atoms with E-state index in [9.17, 15) is 46.2 Å². The average Bonchev–Trinajstić information content (AvgIpc) is 1.68. The normalized spacial score (nSPS) is 22.3. The second-order valence-electron chi connectivity index (χ2n) is 42.7. The van der Waals surface area contributed by atoms with Crippen molar-refractivity contribution < 1.29 is 133 Å². The van der Waals surface area contributed by atoms with Crippen LogP contribution in [0.15, 0.2) is 204 Å². The molecule has 0 bridgehead atoms. The minimum Gasteiger partial charge on any atom is -0.469 e. The molecule has 0 amide bonds. The number of carbonyl (C=O) groups is 7. The van der Waals surface area contributed by atoms with E-state index in [-0.39, 0.29) is 156 Å². The van der Waals surface area contributed by atoms with Crippen LogP contribution in [0.4, 0.5) is 0 Å². The molecule has 7 aliphatic rings. The summed E-state index contributed by atoms with van der Waals surface area (Å²) in [7, 11) is 19.5. The molecule has 0 aliphatic carbocycles. The predicted molar refractivity (Wildman–Crippen MR) is 578 cm³/mol. The van der Waals surface area contributed by atoms with Crippen molar-refractivity contribution in [3.05, 3.63) is 213 Å². The number of halogens is 1. The van der Waals surface area contributed by atoms with Crippen molar-refractivity contribution in [2.75, 3.05) is 191 Å². The third-order valence-corrected chi connectivity index (χ3v) is 36.8. The molecule has 146 heavy (non-hydrogen) atoms. The van der Waals surface area contributed by atoms with Gasteiger partial charge in [-0.05, 0) is 399 Å². The third-order valence-electron chi connectivity index (χ3n) is 32.2. The molecule has 7 aromatic rings. The molecule has 7 saturated heterocycles. The van der Waals surface area contributed by atoms with E-state index in [0.717, 1.165) is 191 Å². The number of rotatable bonds is 34. The number of methoxy groups -OCH3 is 7. The van der Waals surface area contributed by atoms with E-state index >= 15 is 0 Å². The summed E-state index contributed by atoms with van der Waals surface area (Å²) >= 11 is 5.21. The summed E-state index contributed by atoms with van der Waals surface area (Å²) in [6.07, 6.45) is 10.6. The van der Waals surface area contributed by atoms with Gasteiger partial charge in [-0.3, -0.25) is 33.6 Å². The maximum absolute atomic E-state index is 13.9. The van der Waals surface area contributed by atoms with Crippen LogP contribution in [0.2, 0.25) is 0 Å². The van der Waals surface area contributed by atoms with Crippen molar-refractivity contribution in [2.24, 2.45) is 79.3 Å². The Balaban J connectivity index is 0.000000300. The fraction of sp³-hybridized carbons (Fsp3) is 0.578. The van der Waals surface area contributed by atoms with Gasteiger partial charge in [-0.15, -0.1) is 0 Å². The fourth-order valence-corrected chi connectivity index (χ4v) is 27.2. The Bertz CT molecular complexity index is 5330. The Morgan fingerprint density at radius 1 is 0.315 bits per heavy atom. The number of sulfone groups is 1. The molecule has 0 aromatic heterocycles. The first kappa shape index (κ1) is 128. The van der Waals surface area contributed by atoms with Crippen LogP contribution in [-0.4, -0.2) is 279 Å². The molecular weight excluding hydrogens is 2210 g/mol. The summed E-state index contributed by atoms with van der Waals surface area (Å²) in [6.45, 7) is 30.9. The molecule has 14 atom stereocenters. The third kappa shape index (κ3) is 31.8. The van der Waals surface area contributed by atoms with Crippen LogP contribution >= 0.6 is 27.7 Å². The van der Waals surface area contributed by atoms with Gasteiger partial charge < -0.3 is 67.5 Å². The molecule has 0 saturated carbocycles. The minimum atomic E-state index is -3.85. The topological polar surface area (TPSA) is 258 Å². The van der Waals surface area contributed by atoms with E-state index in [4.69, 9.17) is 33.2 Å². The molecule has 7 aromatic carbocycles. The largest absolute Gasteiger partial charge is 0.469 e. The molecule has 7 fully saturated rings. The molecule has 14 rings (SSSR count). The monoisotopic (exact) mass is 2380 g/mol. The molecule has 803 valence electrons. The molecule has 0 N–H and O–H groups in total. The molecular formula is C116H168BrN7O17S3WY. The number of carbonyl (C=O) groups excluding carboxylic acids is 7. The van der Waals surface area contributed by atoms with E-state index in [2.05, 4.69) is 160 Å². The van der Waals surface area contributed by atoms with Crippen molar-refractivity contribution in [1.82, 2.24) is 34.3 Å². The van der Waals surface area contributed by atoms with Crippen LogP contribution in [-0.2, 0) is 186 Å². The van der Waals surface area contributed by atoms with E-state index in [1.807, 2.05) is 135 Å². The molecule has 1 radical (unpaired) electrons. The first-order chi connectivity index (χ1) is 67.3. The molecule has 7 aliphatic heterocycles. The molecule has 14 unspecified atom stereocenters. The van der Waals surface area contributed by atoms with E-state index in [1.165, 1.54) is 55.3 Å². The van der Waals surface area contributed by atoms with Crippen LogP contribution in [0.25, 0.3) is 0 Å². The van der Waals surface area contributed by atoms with E-state index in [1.54, 1.807) is 48.2 Å². The number of nitrogens with zero attached hydrogens (tertiary/aromatic N) is 7. The van der Waals surface area contributed by atoms with Crippen LogP contribution < -0.4 is 0 Å². The van der Waals surface area contributed by atoms with Crippen LogP contribution in [0.3, 0.4) is 0 Å². The predicted octanol–water partition coefficient (Wildman–Crippen LogP) is 18.7. The zero-order chi connectivity index (χ0) is 104. The van der Waals surface area contributed by atoms with Gasteiger partial charge in [-0.25, -0.2) is 12.6 Å². The Labute approximate surface area is 929 Å². The smallest absolute Gasteiger partial charge is 0.312 e. The number of hydrogen-bond acceptors (Lipinski definition) is 25. The van der Waals surface area contributed by atoms with Crippen molar-refractivity contribution in [2.45, 2.75) is 196 Å². The zero-order valence-electron chi connectivity index (χ0n) is 89.7. The number of esters is 7. The standard InChI is InChI=1S/C32H44N2O6S.C32H44N2O5S.C32H44N2O4S.C16H22BrNO2.C2H6.2CH4.W.Y/c1-31(29(35)39-5,25-13-15-33(3)21-25)19-23-9-7-11-27(17-23)41(37,38)28-12-8-10-24(18-28)20-32(2,30(36)40-6)26-14-16-34(4)22-26;1-31(29(35)38-5,25-13-15-33(3)21-25)19-23-9-7-11-27(17-23)40(37)28-12-8-10-24(18-28)20-32(2,30(36)39-6)26-14-16-34(4)22-26;1-31(29(35)37-5,25-13-15-33(3)21-25)19-23-9-7-11-27(17-23)39-28-12-8-10-24(18-28)20-32(2,30(36)38-6)26-14-16-34(4)22-26;1-16(15(19)20-3,13-7-8-18(2)11-13)10-12-5-4-6-14(17)9-12;1-2;;;;/h7-12,17-18,25-26H,13-16,19-22H2,1-6H3;7-12,17-18,25-26H,13-16,19-22H2,1-6H3;7-12,17-18,25-26H,13-16,19-22H2,1-6H3;4-6,9,13H,7-8,10-11H2,1-3H3;1-2H3;2*1H4;;. The number of hydrogen-bond donors (Lipinski definition) is 0. The van der Waals surface area contributed by atoms with Crippen LogP contribution in [0.5, 0.6) is 0 Å². The fourth-order valence-electron chi connectivity index (χ4n) is 23.1. The molecule has 0 spiro atoms. The van der Waals surface area contributed by atoms with E-state index < -0.39 is 58.5 Å². The number of ether oxygens (including phenoxy) is 7. The Hall–Kier alpha value is -6.73. The maximum atomic E-state index is 13.9. The van der Waals surface area contributed by atoms with Crippen molar-refractivity contribution >= 4 is 90.1 Å². The Morgan fingerprint density at radius 3 is 0.699 bits per heavy atom. The first-order valence-electron chi connectivity index (χ1n) is 50.4. The van der Waals surface area contributed by atoms with Gasteiger partial charge in [-0.1, -0.05) is 141 Å². The maximum Gasteiger partial charge on any atom is 0.312 e. The second-order valence-corrected chi connectivity index (χ2v) is 48.2. The summed E-state index contributed by atoms with van der Waals surface area (Å²) in [4.78, 5) is 110. The van der Waals surface area contributed by atoms with Gasteiger partial charge in [0, 0.05) is 124 Å². The van der Waals surface area contributed by atoms with Gasteiger partial charge in [0.25, 0.3) is 0 Å². The average molecular weight is 2380 g/mol. The number of benzene rings is 7.